The average molecular weight is 302 g/mol. The number of aliphatic hydroxyl groups excluding tert-OH is 1. The molecule has 6 nitrogen and oxygen atoms in total. The zero-order valence-corrected chi connectivity index (χ0v) is 12.4. The Hall–Kier alpha value is -0.890. The van der Waals surface area contributed by atoms with Crippen LogP contribution in [-0.4, -0.2) is 32.7 Å². The minimum Gasteiger partial charge on any atom is -0.447 e. The maximum absolute atomic E-state index is 12.0. The summed E-state index contributed by atoms with van der Waals surface area (Å²) < 4.78 is 31.9. The van der Waals surface area contributed by atoms with E-state index in [1.54, 1.807) is 6.07 Å². The van der Waals surface area contributed by atoms with E-state index in [2.05, 4.69) is 10.0 Å². The molecule has 0 bridgehead atoms. The molecule has 0 aromatic carbocycles. The van der Waals surface area contributed by atoms with Crippen molar-refractivity contribution in [3.05, 3.63) is 17.9 Å². The number of sulfonamides is 1. The van der Waals surface area contributed by atoms with Gasteiger partial charge in [-0.25, -0.2) is 13.1 Å². The van der Waals surface area contributed by atoms with Gasteiger partial charge in [-0.05, 0) is 37.3 Å². The Bertz CT molecular complexity index is 522. The Morgan fingerprint density at radius 3 is 2.85 bits per heavy atom. The Morgan fingerprint density at radius 2 is 2.20 bits per heavy atom. The van der Waals surface area contributed by atoms with Crippen LogP contribution in [0.25, 0.3) is 0 Å². The number of furan rings is 1. The fraction of sp³-hybridized carbons (Fsp3) is 0.692. The van der Waals surface area contributed by atoms with E-state index in [0.717, 1.165) is 0 Å². The average Bonchev–Trinajstić information content (AvgIpc) is 3.11. The standard InChI is InChI=1S/C13H22N2O4S/c1-10(6-7-16)8-15-20(17,18)13-5-4-12(19-13)9-14-11-2-3-11/h4-5,10-11,14-16H,2-3,6-9H2,1H3. The molecule has 3 N–H and O–H groups in total. The zero-order chi connectivity index (χ0) is 14.6. The molecule has 0 amide bonds. The molecule has 1 aliphatic carbocycles. The monoisotopic (exact) mass is 302 g/mol. The summed E-state index contributed by atoms with van der Waals surface area (Å²) in [7, 11) is -3.60. The molecule has 0 aliphatic heterocycles. The molecule has 1 atom stereocenters. The highest BCUT2D eigenvalue weighted by atomic mass is 32.2. The summed E-state index contributed by atoms with van der Waals surface area (Å²) in [5.74, 6) is 0.710. The van der Waals surface area contributed by atoms with Gasteiger partial charge in [-0.3, -0.25) is 0 Å². The molecule has 0 radical (unpaired) electrons. The predicted molar refractivity (Wildman–Crippen MR) is 74.6 cm³/mol. The summed E-state index contributed by atoms with van der Waals surface area (Å²) in [6.45, 7) is 2.78. The van der Waals surface area contributed by atoms with Gasteiger partial charge in [0.1, 0.15) is 5.76 Å². The van der Waals surface area contributed by atoms with Gasteiger partial charge in [0.25, 0.3) is 10.0 Å². The van der Waals surface area contributed by atoms with Gasteiger partial charge in [0.2, 0.25) is 5.09 Å². The first kappa shape index (κ1) is 15.5. The van der Waals surface area contributed by atoms with Crippen molar-refractivity contribution in [2.75, 3.05) is 13.2 Å². The van der Waals surface area contributed by atoms with Gasteiger partial charge in [-0.15, -0.1) is 0 Å². The van der Waals surface area contributed by atoms with E-state index in [1.807, 2.05) is 6.92 Å². The maximum Gasteiger partial charge on any atom is 0.273 e. The molecule has 1 unspecified atom stereocenters. The molecule has 1 saturated carbocycles. The second-order valence-corrected chi connectivity index (χ2v) is 7.04. The van der Waals surface area contributed by atoms with Crippen molar-refractivity contribution < 1.29 is 17.9 Å². The summed E-state index contributed by atoms with van der Waals surface area (Å²) in [5.41, 5.74) is 0. The van der Waals surface area contributed by atoms with Crippen molar-refractivity contribution in [3.63, 3.8) is 0 Å². The second-order valence-electron chi connectivity index (χ2n) is 5.35. The molecule has 1 aromatic rings. The molecular weight excluding hydrogens is 280 g/mol. The van der Waals surface area contributed by atoms with Crippen molar-refractivity contribution in [2.45, 2.75) is 43.9 Å². The van der Waals surface area contributed by atoms with Gasteiger partial charge >= 0.3 is 0 Å². The molecule has 114 valence electrons. The largest absolute Gasteiger partial charge is 0.447 e. The highest BCUT2D eigenvalue weighted by Crippen LogP contribution is 2.20. The highest BCUT2D eigenvalue weighted by Gasteiger charge is 2.22. The van der Waals surface area contributed by atoms with Gasteiger partial charge in [-0.2, -0.15) is 0 Å². The van der Waals surface area contributed by atoms with Crippen LogP contribution in [0.3, 0.4) is 0 Å². The first-order valence-corrected chi connectivity index (χ1v) is 8.42. The first-order valence-electron chi connectivity index (χ1n) is 6.94. The topological polar surface area (TPSA) is 91.6 Å². The van der Waals surface area contributed by atoms with E-state index in [1.165, 1.54) is 18.9 Å². The lowest BCUT2D eigenvalue weighted by Gasteiger charge is -2.10. The fourth-order valence-corrected chi connectivity index (χ4v) is 2.89. The number of rotatable bonds is 9. The molecule has 0 saturated heterocycles. The van der Waals surface area contributed by atoms with E-state index in [4.69, 9.17) is 9.52 Å². The van der Waals surface area contributed by atoms with Gasteiger partial charge < -0.3 is 14.8 Å². The van der Waals surface area contributed by atoms with Crippen LogP contribution >= 0.6 is 0 Å². The van der Waals surface area contributed by atoms with Crippen molar-refractivity contribution in [3.8, 4) is 0 Å². The third-order valence-corrected chi connectivity index (χ3v) is 4.58. The van der Waals surface area contributed by atoms with E-state index in [9.17, 15) is 8.42 Å². The van der Waals surface area contributed by atoms with Crippen LogP contribution in [0, 0.1) is 5.92 Å². The lowest BCUT2D eigenvalue weighted by molar-refractivity contribution is 0.262. The number of aliphatic hydroxyl groups is 1. The summed E-state index contributed by atoms with van der Waals surface area (Å²) in [6.07, 6.45) is 2.92. The lowest BCUT2D eigenvalue weighted by Crippen LogP contribution is -2.28. The minimum atomic E-state index is -3.60. The number of hydrogen-bond acceptors (Lipinski definition) is 5. The maximum atomic E-state index is 12.0. The quantitative estimate of drug-likeness (QED) is 0.628. The summed E-state index contributed by atoms with van der Waals surface area (Å²) in [4.78, 5) is 0. The Labute approximate surface area is 119 Å². The van der Waals surface area contributed by atoms with Gasteiger partial charge in [0.05, 0.1) is 6.54 Å². The van der Waals surface area contributed by atoms with Crippen LogP contribution in [0.5, 0.6) is 0 Å². The van der Waals surface area contributed by atoms with Crippen molar-refractivity contribution in [1.29, 1.82) is 0 Å². The number of nitrogens with one attached hydrogen (secondary N) is 2. The smallest absolute Gasteiger partial charge is 0.273 e. The van der Waals surface area contributed by atoms with E-state index in [0.29, 0.717) is 31.3 Å². The van der Waals surface area contributed by atoms with Crippen LogP contribution in [0.4, 0.5) is 0 Å². The highest BCUT2D eigenvalue weighted by molar-refractivity contribution is 7.89. The number of hydrogen-bond donors (Lipinski definition) is 3. The van der Waals surface area contributed by atoms with Crippen LogP contribution in [0.15, 0.2) is 21.6 Å². The minimum absolute atomic E-state index is 0.0544. The SMILES string of the molecule is CC(CCO)CNS(=O)(=O)c1ccc(CNC2CC2)o1. The van der Waals surface area contributed by atoms with Gasteiger partial charge in [0.15, 0.2) is 0 Å². The van der Waals surface area contributed by atoms with Crippen molar-refractivity contribution >= 4 is 10.0 Å². The van der Waals surface area contributed by atoms with Crippen molar-refractivity contribution in [2.24, 2.45) is 5.92 Å². The molecule has 20 heavy (non-hydrogen) atoms. The Kier molecular flexibility index (Phi) is 5.20. The van der Waals surface area contributed by atoms with Gasteiger partial charge in [0, 0.05) is 19.2 Å². The molecule has 1 aromatic heterocycles. The summed E-state index contributed by atoms with van der Waals surface area (Å²) in [5, 5.41) is 12.0. The van der Waals surface area contributed by atoms with Crippen LogP contribution in [-0.2, 0) is 16.6 Å². The molecule has 1 aliphatic rings. The van der Waals surface area contributed by atoms with E-state index < -0.39 is 10.0 Å². The molecular formula is C13H22N2O4S. The second kappa shape index (κ2) is 6.71. The van der Waals surface area contributed by atoms with E-state index >= 15 is 0 Å². The molecule has 2 rings (SSSR count). The Balaban J connectivity index is 1.87. The summed E-state index contributed by atoms with van der Waals surface area (Å²) in [6, 6.07) is 3.71. The third kappa shape index (κ3) is 4.59. The van der Waals surface area contributed by atoms with Crippen LogP contribution in [0.1, 0.15) is 31.9 Å². The normalized spacial score (nSPS) is 17.3. The third-order valence-electron chi connectivity index (χ3n) is 3.29. The summed E-state index contributed by atoms with van der Waals surface area (Å²) >= 11 is 0. The zero-order valence-electron chi connectivity index (χ0n) is 11.6. The van der Waals surface area contributed by atoms with Crippen molar-refractivity contribution in [1.82, 2.24) is 10.0 Å². The molecule has 0 spiro atoms. The first-order chi connectivity index (χ1) is 9.51. The van der Waals surface area contributed by atoms with Crippen LogP contribution < -0.4 is 10.0 Å². The fourth-order valence-electron chi connectivity index (χ4n) is 1.78. The molecule has 1 heterocycles. The van der Waals surface area contributed by atoms with E-state index in [-0.39, 0.29) is 17.6 Å². The lowest BCUT2D eigenvalue weighted by atomic mass is 10.1. The Morgan fingerprint density at radius 1 is 1.45 bits per heavy atom. The molecule has 1 fully saturated rings. The predicted octanol–water partition coefficient (Wildman–Crippen LogP) is 0.828. The molecule has 7 heteroatoms. The van der Waals surface area contributed by atoms with Gasteiger partial charge in [-0.1, -0.05) is 6.92 Å². The van der Waals surface area contributed by atoms with Crippen LogP contribution in [0.2, 0.25) is 0 Å².